The van der Waals surface area contributed by atoms with Crippen LogP contribution in [-0.2, 0) is 0 Å². The maximum absolute atomic E-state index is 13.3. The Kier molecular flexibility index (Phi) is 2.99. The lowest BCUT2D eigenvalue weighted by atomic mass is 9.81. The molecule has 0 aliphatic heterocycles. The third-order valence-corrected chi connectivity index (χ3v) is 5.29. The summed E-state index contributed by atoms with van der Waals surface area (Å²) in [4.78, 5) is 0. The first-order valence-corrected chi connectivity index (χ1v) is 7.15. The van der Waals surface area contributed by atoms with Gasteiger partial charge in [0.05, 0.1) is 0 Å². The summed E-state index contributed by atoms with van der Waals surface area (Å²) in [7, 11) is 0. The summed E-state index contributed by atoms with van der Waals surface area (Å²) >= 11 is 3.48. The van der Waals surface area contributed by atoms with E-state index in [1.807, 2.05) is 0 Å². The van der Waals surface area contributed by atoms with E-state index < -0.39 is 0 Å². The molecule has 0 amide bonds. The third kappa shape index (κ3) is 2.04. The van der Waals surface area contributed by atoms with Crippen molar-refractivity contribution in [2.75, 3.05) is 0 Å². The first-order chi connectivity index (χ1) is 8.15. The van der Waals surface area contributed by atoms with Crippen LogP contribution < -0.4 is 5.73 Å². The second kappa shape index (κ2) is 4.36. The Bertz CT molecular complexity index is 434. The van der Waals surface area contributed by atoms with Crippen LogP contribution in [0.3, 0.4) is 0 Å². The van der Waals surface area contributed by atoms with E-state index in [2.05, 4.69) is 15.9 Å². The van der Waals surface area contributed by atoms with E-state index in [0.717, 1.165) is 21.9 Å². The molecule has 2 aliphatic carbocycles. The van der Waals surface area contributed by atoms with Crippen LogP contribution in [0.1, 0.15) is 37.3 Å². The maximum Gasteiger partial charge on any atom is 0.123 e. The molecule has 2 bridgehead atoms. The zero-order valence-electron chi connectivity index (χ0n) is 9.70. The number of benzene rings is 1. The van der Waals surface area contributed by atoms with E-state index in [1.165, 1.54) is 31.7 Å². The normalized spacial score (nSPS) is 33.0. The van der Waals surface area contributed by atoms with Gasteiger partial charge in [-0.25, -0.2) is 4.39 Å². The molecule has 0 saturated heterocycles. The highest BCUT2D eigenvalue weighted by Crippen LogP contribution is 2.52. The van der Waals surface area contributed by atoms with Gasteiger partial charge < -0.3 is 5.73 Å². The van der Waals surface area contributed by atoms with Gasteiger partial charge in [-0.2, -0.15) is 0 Å². The molecule has 0 heterocycles. The van der Waals surface area contributed by atoms with Gasteiger partial charge in [-0.05, 0) is 60.8 Å². The van der Waals surface area contributed by atoms with E-state index in [0.29, 0.717) is 5.92 Å². The molecule has 1 nitrogen and oxygen atoms in total. The van der Waals surface area contributed by atoms with Crippen molar-refractivity contribution in [2.24, 2.45) is 23.5 Å². The monoisotopic (exact) mass is 297 g/mol. The van der Waals surface area contributed by atoms with Crippen molar-refractivity contribution in [3.63, 3.8) is 0 Å². The van der Waals surface area contributed by atoms with E-state index in [9.17, 15) is 4.39 Å². The summed E-state index contributed by atoms with van der Waals surface area (Å²) in [5.74, 6) is 2.00. The fourth-order valence-corrected chi connectivity index (χ4v) is 4.25. The van der Waals surface area contributed by atoms with Crippen molar-refractivity contribution in [1.29, 1.82) is 0 Å². The highest BCUT2D eigenvalue weighted by molar-refractivity contribution is 9.10. The number of hydrogen-bond donors (Lipinski definition) is 1. The Morgan fingerprint density at radius 1 is 1.29 bits per heavy atom. The SMILES string of the molecule is NC(c1cc(F)ccc1Br)C1CC2CCC1C2. The summed E-state index contributed by atoms with van der Waals surface area (Å²) in [6, 6.07) is 4.80. The molecule has 1 aromatic carbocycles. The van der Waals surface area contributed by atoms with Crippen LogP contribution in [0, 0.1) is 23.6 Å². The Labute approximate surface area is 110 Å². The maximum atomic E-state index is 13.3. The molecule has 3 rings (SSSR count). The Morgan fingerprint density at radius 3 is 2.76 bits per heavy atom. The lowest BCUT2D eigenvalue weighted by Crippen LogP contribution is -2.26. The minimum absolute atomic E-state index is 0.0182. The summed E-state index contributed by atoms with van der Waals surface area (Å²) < 4.78 is 14.2. The Hall–Kier alpha value is -0.410. The van der Waals surface area contributed by atoms with E-state index in [1.54, 1.807) is 12.1 Å². The third-order valence-electron chi connectivity index (χ3n) is 4.57. The number of halogens is 2. The highest BCUT2D eigenvalue weighted by atomic mass is 79.9. The van der Waals surface area contributed by atoms with Gasteiger partial charge in [0, 0.05) is 10.5 Å². The van der Waals surface area contributed by atoms with Crippen molar-refractivity contribution in [1.82, 2.24) is 0 Å². The van der Waals surface area contributed by atoms with Crippen molar-refractivity contribution >= 4 is 15.9 Å². The smallest absolute Gasteiger partial charge is 0.123 e. The van der Waals surface area contributed by atoms with Gasteiger partial charge in [0.1, 0.15) is 5.82 Å². The topological polar surface area (TPSA) is 26.0 Å². The standard InChI is InChI=1S/C14H17BrFN/c15-13-4-3-10(16)7-12(13)14(17)11-6-8-1-2-9(11)5-8/h3-4,7-9,11,14H,1-2,5-6,17H2. The number of rotatable bonds is 2. The van der Waals surface area contributed by atoms with Gasteiger partial charge in [-0.15, -0.1) is 0 Å². The Balaban J connectivity index is 1.86. The number of nitrogens with two attached hydrogens (primary N) is 1. The molecule has 1 aromatic rings. The van der Waals surface area contributed by atoms with Gasteiger partial charge in [-0.1, -0.05) is 22.4 Å². The van der Waals surface area contributed by atoms with E-state index in [4.69, 9.17) is 5.73 Å². The molecule has 2 N–H and O–H groups in total. The molecule has 3 heteroatoms. The Morgan fingerprint density at radius 2 is 2.12 bits per heavy atom. The lowest BCUT2D eigenvalue weighted by molar-refractivity contribution is 0.283. The van der Waals surface area contributed by atoms with Gasteiger partial charge >= 0.3 is 0 Å². The molecule has 0 spiro atoms. The predicted octanol–water partition coefficient (Wildman–Crippen LogP) is 4.02. The fraction of sp³-hybridized carbons (Fsp3) is 0.571. The molecular formula is C14H17BrFN. The quantitative estimate of drug-likeness (QED) is 0.876. The van der Waals surface area contributed by atoms with E-state index in [-0.39, 0.29) is 11.9 Å². The van der Waals surface area contributed by atoms with Gasteiger partial charge in [0.25, 0.3) is 0 Å². The first kappa shape index (κ1) is 11.7. The van der Waals surface area contributed by atoms with Gasteiger partial charge in [0.2, 0.25) is 0 Å². The molecule has 0 aromatic heterocycles. The average molecular weight is 298 g/mol. The van der Waals surface area contributed by atoms with E-state index >= 15 is 0 Å². The lowest BCUT2D eigenvalue weighted by Gasteiger charge is -2.28. The predicted molar refractivity (Wildman–Crippen MR) is 70.0 cm³/mol. The molecule has 4 atom stereocenters. The van der Waals surface area contributed by atoms with Gasteiger partial charge in [-0.3, -0.25) is 0 Å². The number of hydrogen-bond acceptors (Lipinski definition) is 1. The first-order valence-electron chi connectivity index (χ1n) is 6.35. The largest absolute Gasteiger partial charge is 0.324 e. The van der Waals surface area contributed by atoms with Crippen LogP contribution in [0.25, 0.3) is 0 Å². The van der Waals surface area contributed by atoms with Crippen LogP contribution in [0.2, 0.25) is 0 Å². The summed E-state index contributed by atoms with van der Waals surface area (Å²) in [5, 5.41) is 0. The van der Waals surface area contributed by atoms with Crippen LogP contribution in [-0.4, -0.2) is 0 Å². The second-order valence-corrected chi connectivity index (χ2v) is 6.38. The fourth-order valence-electron chi connectivity index (χ4n) is 3.73. The van der Waals surface area contributed by atoms with Crippen LogP contribution in [0.15, 0.2) is 22.7 Å². The molecule has 2 fully saturated rings. The molecule has 2 aliphatic rings. The molecular weight excluding hydrogens is 281 g/mol. The molecule has 92 valence electrons. The highest BCUT2D eigenvalue weighted by Gasteiger charge is 2.42. The molecule has 2 saturated carbocycles. The molecule has 0 radical (unpaired) electrons. The number of fused-ring (bicyclic) bond motifs is 2. The minimum atomic E-state index is -0.193. The summed E-state index contributed by atoms with van der Waals surface area (Å²) in [5.41, 5.74) is 7.29. The second-order valence-electron chi connectivity index (χ2n) is 5.53. The zero-order valence-corrected chi connectivity index (χ0v) is 11.3. The van der Waals surface area contributed by atoms with Crippen LogP contribution in [0.4, 0.5) is 4.39 Å². The van der Waals surface area contributed by atoms with Crippen LogP contribution >= 0.6 is 15.9 Å². The van der Waals surface area contributed by atoms with Crippen LogP contribution in [0.5, 0.6) is 0 Å². The summed E-state index contributed by atoms with van der Waals surface area (Å²) in [6.07, 6.45) is 5.26. The van der Waals surface area contributed by atoms with Crippen molar-refractivity contribution in [3.05, 3.63) is 34.1 Å². The molecule has 4 unspecified atom stereocenters. The average Bonchev–Trinajstić information content (AvgIpc) is 2.93. The minimum Gasteiger partial charge on any atom is -0.324 e. The van der Waals surface area contributed by atoms with Crippen molar-refractivity contribution < 1.29 is 4.39 Å². The van der Waals surface area contributed by atoms with Crippen molar-refractivity contribution in [2.45, 2.75) is 31.7 Å². The zero-order chi connectivity index (χ0) is 12.0. The molecule has 17 heavy (non-hydrogen) atoms. The van der Waals surface area contributed by atoms with Gasteiger partial charge in [0.15, 0.2) is 0 Å². The summed E-state index contributed by atoms with van der Waals surface area (Å²) in [6.45, 7) is 0. The van der Waals surface area contributed by atoms with Crippen molar-refractivity contribution in [3.8, 4) is 0 Å².